The molecule has 1 fully saturated rings. The third-order valence-corrected chi connectivity index (χ3v) is 2.92. The van der Waals surface area contributed by atoms with Gasteiger partial charge in [-0.1, -0.05) is 18.2 Å². The first-order chi connectivity index (χ1) is 7.09. The van der Waals surface area contributed by atoms with E-state index in [4.69, 9.17) is 0 Å². The van der Waals surface area contributed by atoms with E-state index in [0.717, 1.165) is 5.69 Å². The largest absolute Gasteiger partial charge is 0.384 e. The fraction of sp³-hybridized carbons (Fsp3) is 0.417. The number of hydrogen-bond acceptors (Lipinski definition) is 2. The van der Waals surface area contributed by atoms with Crippen molar-refractivity contribution in [1.82, 2.24) is 5.32 Å². The normalized spacial score (nSPS) is 22.8. The molecule has 1 atom stereocenters. The molecule has 1 aliphatic heterocycles. The molecule has 80 valence electrons. The van der Waals surface area contributed by atoms with Crippen LogP contribution in [0.4, 0.5) is 5.69 Å². The number of carbonyl (C=O) groups is 1. The standard InChI is InChI=1S/C12H16N2O/c1-12(2)10(11(15)14-12)8-13-9-6-4-3-5-7-9/h3-7,10,13H,8H2,1-2H3,(H,14,15)/t10-/m0/s1. The van der Waals surface area contributed by atoms with Crippen LogP contribution in [0.15, 0.2) is 30.3 Å². The van der Waals surface area contributed by atoms with Gasteiger partial charge in [0, 0.05) is 17.8 Å². The maximum Gasteiger partial charge on any atom is 0.227 e. The molecule has 0 unspecified atom stereocenters. The molecule has 0 spiro atoms. The van der Waals surface area contributed by atoms with Crippen molar-refractivity contribution in [2.24, 2.45) is 5.92 Å². The van der Waals surface area contributed by atoms with E-state index in [2.05, 4.69) is 10.6 Å². The average molecular weight is 204 g/mol. The average Bonchev–Trinajstić information content (AvgIpc) is 2.18. The highest BCUT2D eigenvalue weighted by Crippen LogP contribution is 2.26. The van der Waals surface area contributed by atoms with Crippen molar-refractivity contribution in [3.8, 4) is 0 Å². The molecule has 3 nitrogen and oxygen atoms in total. The Hall–Kier alpha value is -1.51. The van der Waals surface area contributed by atoms with E-state index < -0.39 is 0 Å². The Bertz CT molecular complexity index is 359. The molecule has 0 aliphatic carbocycles. The van der Waals surface area contributed by atoms with Crippen LogP contribution in [0.25, 0.3) is 0 Å². The molecular weight excluding hydrogens is 188 g/mol. The highest BCUT2D eigenvalue weighted by atomic mass is 16.2. The fourth-order valence-electron chi connectivity index (χ4n) is 1.87. The van der Waals surface area contributed by atoms with Crippen LogP contribution in [0.1, 0.15) is 13.8 Å². The summed E-state index contributed by atoms with van der Waals surface area (Å²) < 4.78 is 0. The lowest BCUT2D eigenvalue weighted by atomic mass is 9.79. The number of benzene rings is 1. The lowest BCUT2D eigenvalue weighted by molar-refractivity contribution is -0.138. The molecule has 1 amide bonds. The number of β-lactam (4-membered cyclic amide) rings is 1. The second-order valence-electron chi connectivity index (χ2n) is 4.51. The Morgan fingerprint density at radius 1 is 1.33 bits per heavy atom. The van der Waals surface area contributed by atoms with E-state index >= 15 is 0 Å². The van der Waals surface area contributed by atoms with Gasteiger partial charge in [0.05, 0.1) is 5.92 Å². The predicted molar refractivity (Wildman–Crippen MR) is 60.6 cm³/mol. The van der Waals surface area contributed by atoms with Crippen LogP contribution in [0.2, 0.25) is 0 Å². The molecule has 1 saturated heterocycles. The zero-order valence-electron chi connectivity index (χ0n) is 9.08. The van der Waals surface area contributed by atoms with Crippen molar-refractivity contribution in [2.75, 3.05) is 11.9 Å². The van der Waals surface area contributed by atoms with Crippen LogP contribution in [0, 0.1) is 5.92 Å². The van der Waals surface area contributed by atoms with Gasteiger partial charge in [-0.3, -0.25) is 4.79 Å². The Kier molecular flexibility index (Phi) is 2.39. The molecule has 1 aromatic rings. The molecule has 3 heteroatoms. The van der Waals surface area contributed by atoms with Crippen LogP contribution in [-0.4, -0.2) is 18.0 Å². The molecule has 1 heterocycles. The molecular formula is C12H16N2O. The van der Waals surface area contributed by atoms with Crippen molar-refractivity contribution >= 4 is 11.6 Å². The summed E-state index contributed by atoms with van der Waals surface area (Å²) >= 11 is 0. The van der Waals surface area contributed by atoms with Crippen LogP contribution < -0.4 is 10.6 Å². The second kappa shape index (κ2) is 3.57. The van der Waals surface area contributed by atoms with Crippen molar-refractivity contribution in [2.45, 2.75) is 19.4 Å². The van der Waals surface area contributed by atoms with Gasteiger partial charge in [-0.05, 0) is 26.0 Å². The first-order valence-electron chi connectivity index (χ1n) is 5.20. The monoisotopic (exact) mass is 204 g/mol. The van der Waals surface area contributed by atoms with Gasteiger partial charge >= 0.3 is 0 Å². The third-order valence-electron chi connectivity index (χ3n) is 2.92. The Balaban J connectivity index is 1.92. The van der Waals surface area contributed by atoms with Crippen molar-refractivity contribution < 1.29 is 4.79 Å². The van der Waals surface area contributed by atoms with Crippen molar-refractivity contribution in [1.29, 1.82) is 0 Å². The number of rotatable bonds is 3. The minimum Gasteiger partial charge on any atom is -0.384 e. The first kappa shape index (κ1) is 10.0. The molecule has 1 aromatic carbocycles. The lowest BCUT2D eigenvalue weighted by Crippen LogP contribution is -2.67. The zero-order chi connectivity index (χ0) is 10.9. The van der Waals surface area contributed by atoms with E-state index in [0.29, 0.717) is 6.54 Å². The number of nitrogens with one attached hydrogen (secondary N) is 2. The minimum atomic E-state index is -0.0706. The van der Waals surface area contributed by atoms with Gasteiger partial charge in [0.15, 0.2) is 0 Å². The second-order valence-corrected chi connectivity index (χ2v) is 4.51. The molecule has 2 rings (SSSR count). The van der Waals surface area contributed by atoms with Crippen LogP contribution >= 0.6 is 0 Å². The Morgan fingerprint density at radius 2 is 2.00 bits per heavy atom. The summed E-state index contributed by atoms with van der Waals surface area (Å²) in [6.07, 6.45) is 0. The molecule has 0 bridgehead atoms. The predicted octanol–water partition coefficient (Wildman–Crippen LogP) is 1.62. The smallest absolute Gasteiger partial charge is 0.227 e. The van der Waals surface area contributed by atoms with Crippen LogP contribution in [0.3, 0.4) is 0 Å². The van der Waals surface area contributed by atoms with Crippen molar-refractivity contribution in [3.63, 3.8) is 0 Å². The van der Waals surface area contributed by atoms with Gasteiger partial charge in [0.25, 0.3) is 0 Å². The summed E-state index contributed by atoms with van der Waals surface area (Å²) in [6.45, 7) is 4.79. The van der Waals surface area contributed by atoms with Gasteiger partial charge in [-0.25, -0.2) is 0 Å². The summed E-state index contributed by atoms with van der Waals surface area (Å²) in [4.78, 5) is 11.3. The maximum atomic E-state index is 11.3. The Morgan fingerprint density at radius 3 is 2.53 bits per heavy atom. The zero-order valence-corrected chi connectivity index (χ0v) is 9.08. The number of carbonyl (C=O) groups excluding carboxylic acids is 1. The van der Waals surface area contributed by atoms with Gasteiger partial charge in [-0.15, -0.1) is 0 Å². The molecule has 0 saturated carbocycles. The summed E-state index contributed by atoms with van der Waals surface area (Å²) in [6, 6.07) is 9.95. The van der Waals surface area contributed by atoms with Gasteiger partial charge < -0.3 is 10.6 Å². The fourth-order valence-corrected chi connectivity index (χ4v) is 1.87. The van der Waals surface area contributed by atoms with E-state index in [1.807, 2.05) is 44.2 Å². The van der Waals surface area contributed by atoms with E-state index in [1.165, 1.54) is 0 Å². The van der Waals surface area contributed by atoms with E-state index in [9.17, 15) is 4.79 Å². The van der Waals surface area contributed by atoms with Crippen molar-refractivity contribution in [3.05, 3.63) is 30.3 Å². The van der Waals surface area contributed by atoms with Gasteiger partial charge in [-0.2, -0.15) is 0 Å². The van der Waals surface area contributed by atoms with Gasteiger partial charge in [0.1, 0.15) is 0 Å². The summed E-state index contributed by atoms with van der Waals surface area (Å²) in [7, 11) is 0. The Labute approximate surface area is 89.9 Å². The van der Waals surface area contributed by atoms with Crippen LogP contribution in [0.5, 0.6) is 0 Å². The third kappa shape index (κ3) is 1.96. The summed E-state index contributed by atoms with van der Waals surface area (Å²) in [5.74, 6) is 0.209. The molecule has 1 aliphatic rings. The van der Waals surface area contributed by atoms with Crippen LogP contribution in [-0.2, 0) is 4.79 Å². The number of hydrogen-bond donors (Lipinski definition) is 2. The quantitative estimate of drug-likeness (QED) is 0.735. The lowest BCUT2D eigenvalue weighted by Gasteiger charge is -2.44. The van der Waals surface area contributed by atoms with E-state index in [-0.39, 0.29) is 17.4 Å². The topological polar surface area (TPSA) is 41.1 Å². The SMILES string of the molecule is CC1(C)NC(=O)[C@@H]1CNc1ccccc1. The molecule has 0 aromatic heterocycles. The number of anilines is 1. The molecule has 2 N–H and O–H groups in total. The van der Waals surface area contributed by atoms with Gasteiger partial charge in [0.2, 0.25) is 5.91 Å². The number of para-hydroxylation sites is 1. The minimum absolute atomic E-state index is 0.0673. The number of amides is 1. The summed E-state index contributed by atoms with van der Waals surface area (Å²) in [5.41, 5.74) is 0.992. The first-order valence-corrected chi connectivity index (χ1v) is 5.20. The molecule has 0 radical (unpaired) electrons. The highest BCUT2D eigenvalue weighted by molar-refractivity contribution is 5.87. The molecule has 15 heavy (non-hydrogen) atoms. The highest BCUT2D eigenvalue weighted by Gasteiger charge is 2.45. The maximum absolute atomic E-state index is 11.3. The van der Waals surface area contributed by atoms with E-state index in [1.54, 1.807) is 0 Å². The summed E-state index contributed by atoms with van der Waals surface area (Å²) in [5, 5.41) is 6.16.